The molecule has 6 heteroatoms. The third-order valence-corrected chi connectivity index (χ3v) is 1.88. The van der Waals surface area contributed by atoms with Crippen molar-refractivity contribution in [3.63, 3.8) is 0 Å². The molecule has 0 amide bonds. The Balaban J connectivity index is 2.24. The van der Waals surface area contributed by atoms with Crippen molar-refractivity contribution >= 4 is 11.6 Å². The summed E-state index contributed by atoms with van der Waals surface area (Å²) in [5, 5.41) is 4.34. The van der Waals surface area contributed by atoms with E-state index in [9.17, 15) is 0 Å². The number of nitrogens with zero attached hydrogens (tertiary/aromatic N) is 4. The normalized spacial score (nSPS) is 10.3. The molecule has 0 atom stereocenters. The Hall–Kier alpha value is -1.62. The highest BCUT2D eigenvalue weighted by Gasteiger charge is 2.03. The highest BCUT2D eigenvalue weighted by molar-refractivity contribution is 6.29. The zero-order chi connectivity index (χ0) is 10.8. The molecule has 2 aromatic rings. The minimum absolute atomic E-state index is 0.362. The molecule has 15 heavy (non-hydrogen) atoms. The Morgan fingerprint density at radius 2 is 2.20 bits per heavy atom. The van der Waals surface area contributed by atoms with Crippen LogP contribution >= 0.6 is 11.6 Å². The summed E-state index contributed by atoms with van der Waals surface area (Å²) in [7, 11) is 1.81. The summed E-state index contributed by atoms with van der Waals surface area (Å²) in [5.41, 5.74) is 0. The van der Waals surface area contributed by atoms with Gasteiger partial charge in [-0.2, -0.15) is 10.1 Å². The number of hydrogen-bond acceptors (Lipinski definition) is 4. The van der Waals surface area contributed by atoms with Gasteiger partial charge in [-0.05, 0) is 6.92 Å². The van der Waals surface area contributed by atoms with Gasteiger partial charge in [0, 0.05) is 13.1 Å². The Kier molecular flexibility index (Phi) is 2.55. The Bertz CT molecular complexity index is 462. The Labute approximate surface area is 91.7 Å². The molecule has 0 aromatic carbocycles. The lowest BCUT2D eigenvalue weighted by Crippen LogP contribution is -1.92. The fourth-order valence-corrected chi connectivity index (χ4v) is 1.35. The van der Waals surface area contributed by atoms with E-state index in [0.29, 0.717) is 22.6 Å². The molecule has 0 spiro atoms. The lowest BCUT2D eigenvalue weighted by Gasteiger charge is -2.02. The first-order valence-electron chi connectivity index (χ1n) is 4.31. The van der Waals surface area contributed by atoms with Gasteiger partial charge in [-0.15, -0.1) is 0 Å². The average molecular weight is 225 g/mol. The highest BCUT2D eigenvalue weighted by atomic mass is 35.5. The van der Waals surface area contributed by atoms with Gasteiger partial charge in [-0.1, -0.05) is 11.6 Å². The second-order valence-corrected chi connectivity index (χ2v) is 3.42. The molecule has 0 radical (unpaired) electrons. The van der Waals surface area contributed by atoms with Crippen molar-refractivity contribution in [1.29, 1.82) is 0 Å². The molecule has 0 saturated carbocycles. The summed E-state index contributed by atoms with van der Waals surface area (Å²) in [6, 6.07) is 1.56. The zero-order valence-electron chi connectivity index (χ0n) is 8.31. The fourth-order valence-electron chi connectivity index (χ4n) is 1.13. The van der Waals surface area contributed by atoms with E-state index in [2.05, 4.69) is 15.1 Å². The first kappa shape index (κ1) is 9.92. The van der Waals surface area contributed by atoms with Crippen LogP contribution in [-0.4, -0.2) is 19.7 Å². The van der Waals surface area contributed by atoms with Crippen LogP contribution in [0.15, 0.2) is 18.5 Å². The second-order valence-electron chi connectivity index (χ2n) is 3.03. The molecule has 2 aromatic heterocycles. The number of ether oxygens (including phenoxy) is 1. The van der Waals surface area contributed by atoms with Gasteiger partial charge in [-0.25, -0.2) is 4.98 Å². The van der Waals surface area contributed by atoms with Crippen LogP contribution in [0.2, 0.25) is 5.15 Å². The molecule has 0 aliphatic rings. The summed E-state index contributed by atoms with van der Waals surface area (Å²) in [6.45, 7) is 1.75. The van der Waals surface area contributed by atoms with Crippen molar-refractivity contribution in [1.82, 2.24) is 19.7 Å². The van der Waals surface area contributed by atoms with Crippen molar-refractivity contribution in [3.05, 3.63) is 29.4 Å². The van der Waals surface area contributed by atoms with Crippen LogP contribution in [-0.2, 0) is 7.05 Å². The van der Waals surface area contributed by atoms with E-state index < -0.39 is 0 Å². The summed E-state index contributed by atoms with van der Waals surface area (Å²) in [4.78, 5) is 8.02. The van der Waals surface area contributed by atoms with Gasteiger partial charge >= 0.3 is 0 Å². The Morgan fingerprint density at radius 1 is 1.40 bits per heavy atom. The van der Waals surface area contributed by atoms with Gasteiger partial charge < -0.3 is 4.74 Å². The minimum atomic E-state index is 0.362. The van der Waals surface area contributed by atoms with Crippen LogP contribution in [0.5, 0.6) is 11.6 Å². The lowest BCUT2D eigenvalue weighted by atomic mass is 10.5. The maximum Gasteiger partial charge on any atom is 0.224 e. The van der Waals surface area contributed by atoms with Gasteiger partial charge in [-0.3, -0.25) is 4.68 Å². The first-order chi connectivity index (χ1) is 7.13. The Morgan fingerprint density at radius 3 is 2.80 bits per heavy atom. The van der Waals surface area contributed by atoms with Crippen LogP contribution < -0.4 is 4.74 Å². The van der Waals surface area contributed by atoms with Crippen LogP contribution in [0.4, 0.5) is 0 Å². The molecule has 0 fully saturated rings. The maximum absolute atomic E-state index is 5.77. The van der Waals surface area contributed by atoms with E-state index in [4.69, 9.17) is 16.3 Å². The predicted molar refractivity (Wildman–Crippen MR) is 55.1 cm³/mol. The molecule has 0 aliphatic heterocycles. The minimum Gasteiger partial charge on any atom is -0.436 e. The number of hydrogen-bond donors (Lipinski definition) is 0. The van der Waals surface area contributed by atoms with Crippen molar-refractivity contribution in [2.24, 2.45) is 7.05 Å². The molecular formula is C9H9ClN4O. The summed E-state index contributed by atoms with van der Waals surface area (Å²) in [5.74, 6) is 1.61. The fraction of sp³-hybridized carbons (Fsp3) is 0.222. The number of halogens is 1. The number of aromatic nitrogens is 4. The molecular weight excluding hydrogens is 216 g/mol. The topological polar surface area (TPSA) is 52.8 Å². The molecule has 0 unspecified atom stereocenters. The predicted octanol–water partition coefficient (Wildman–Crippen LogP) is 1.96. The van der Waals surface area contributed by atoms with E-state index in [0.717, 1.165) is 0 Å². The van der Waals surface area contributed by atoms with Gasteiger partial charge in [0.2, 0.25) is 5.88 Å². The summed E-state index contributed by atoms with van der Waals surface area (Å²) < 4.78 is 7.09. The van der Waals surface area contributed by atoms with Crippen molar-refractivity contribution in [3.8, 4) is 11.6 Å². The van der Waals surface area contributed by atoms with Crippen molar-refractivity contribution < 1.29 is 4.74 Å². The van der Waals surface area contributed by atoms with Gasteiger partial charge in [0.05, 0.1) is 12.4 Å². The molecule has 0 bridgehead atoms. The first-order valence-corrected chi connectivity index (χ1v) is 4.69. The quantitative estimate of drug-likeness (QED) is 0.732. The molecule has 0 aliphatic carbocycles. The van der Waals surface area contributed by atoms with Gasteiger partial charge in [0.25, 0.3) is 0 Å². The largest absolute Gasteiger partial charge is 0.436 e. The number of rotatable bonds is 2. The summed E-state index contributed by atoms with van der Waals surface area (Å²) in [6.07, 6.45) is 3.34. The smallest absolute Gasteiger partial charge is 0.224 e. The van der Waals surface area contributed by atoms with E-state index in [1.54, 1.807) is 30.1 Å². The van der Waals surface area contributed by atoms with Gasteiger partial charge in [0.1, 0.15) is 11.0 Å². The van der Waals surface area contributed by atoms with Crippen LogP contribution in [0.25, 0.3) is 0 Å². The summed E-state index contributed by atoms with van der Waals surface area (Å²) >= 11 is 5.77. The molecule has 78 valence electrons. The van der Waals surface area contributed by atoms with Crippen LogP contribution in [0.3, 0.4) is 0 Å². The molecule has 0 saturated heterocycles. The standard InChI is InChI=1S/C9H9ClN4O/c1-6-12-8(10)3-9(13-6)15-7-4-11-14(2)5-7/h3-5H,1-2H3. The van der Waals surface area contributed by atoms with Crippen molar-refractivity contribution in [2.45, 2.75) is 6.92 Å². The zero-order valence-corrected chi connectivity index (χ0v) is 9.06. The van der Waals surface area contributed by atoms with E-state index in [1.165, 1.54) is 0 Å². The molecule has 2 rings (SSSR count). The lowest BCUT2D eigenvalue weighted by molar-refractivity contribution is 0.459. The molecule has 2 heterocycles. The van der Waals surface area contributed by atoms with E-state index in [1.807, 2.05) is 7.05 Å². The third-order valence-electron chi connectivity index (χ3n) is 1.69. The van der Waals surface area contributed by atoms with Crippen molar-refractivity contribution in [2.75, 3.05) is 0 Å². The van der Waals surface area contributed by atoms with E-state index >= 15 is 0 Å². The number of aryl methyl sites for hydroxylation is 2. The maximum atomic E-state index is 5.77. The van der Waals surface area contributed by atoms with Crippen LogP contribution in [0.1, 0.15) is 5.82 Å². The average Bonchev–Trinajstić information content (AvgIpc) is 2.49. The third kappa shape index (κ3) is 2.44. The van der Waals surface area contributed by atoms with Gasteiger partial charge in [0.15, 0.2) is 5.75 Å². The second kappa shape index (κ2) is 3.86. The highest BCUT2D eigenvalue weighted by Crippen LogP contribution is 2.20. The monoisotopic (exact) mass is 224 g/mol. The molecule has 0 N–H and O–H groups in total. The van der Waals surface area contributed by atoms with E-state index in [-0.39, 0.29) is 0 Å². The SMILES string of the molecule is Cc1nc(Cl)cc(Oc2cnn(C)c2)n1. The molecule has 5 nitrogen and oxygen atoms in total. The van der Waals surface area contributed by atoms with Crippen LogP contribution in [0, 0.1) is 6.92 Å².